The molecule has 8 heteroatoms. The number of amides is 1. The molecule has 1 amide bonds. The van der Waals surface area contributed by atoms with Gasteiger partial charge < -0.3 is 5.32 Å². The van der Waals surface area contributed by atoms with Gasteiger partial charge in [-0.1, -0.05) is 12.1 Å². The molecule has 0 aliphatic carbocycles. The van der Waals surface area contributed by atoms with Crippen molar-refractivity contribution in [3.8, 4) is 0 Å². The first-order valence-corrected chi connectivity index (χ1v) is 11.2. The van der Waals surface area contributed by atoms with Crippen LogP contribution >= 0.6 is 11.5 Å². The van der Waals surface area contributed by atoms with E-state index in [2.05, 4.69) is 14.4 Å². The third-order valence-electron chi connectivity index (χ3n) is 3.95. The van der Waals surface area contributed by atoms with Gasteiger partial charge in [0.15, 0.2) is 0 Å². The maximum atomic E-state index is 12.3. The van der Waals surface area contributed by atoms with E-state index in [1.54, 1.807) is 51.2 Å². The molecule has 0 aliphatic heterocycles. The van der Waals surface area contributed by atoms with Crippen molar-refractivity contribution < 1.29 is 13.2 Å². The summed E-state index contributed by atoms with van der Waals surface area (Å²) in [5.74, 6) is -0.0892. The number of anilines is 1. The monoisotopic (exact) mass is 417 g/mol. The summed E-state index contributed by atoms with van der Waals surface area (Å²) in [6, 6.07) is 12.3. The van der Waals surface area contributed by atoms with Gasteiger partial charge in [0.05, 0.1) is 9.60 Å². The van der Waals surface area contributed by atoms with E-state index >= 15 is 0 Å². The molecule has 1 aromatic heterocycles. The van der Waals surface area contributed by atoms with E-state index in [4.69, 9.17) is 0 Å². The molecular weight excluding hydrogens is 394 g/mol. The van der Waals surface area contributed by atoms with Crippen molar-refractivity contribution in [2.24, 2.45) is 0 Å². The summed E-state index contributed by atoms with van der Waals surface area (Å²) in [6.07, 6.45) is 2.62. The van der Waals surface area contributed by atoms with Crippen molar-refractivity contribution in [3.05, 3.63) is 54.2 Å². The van der Waals surface area contributed by atoms with Crippen LogP contribution in [0, 0.1) is 0 Å². The Morgan fingerprint density at radius 2 is 1.82 bits per heavy atom. The predicted octanol–water partition coefficient (Wildman–Crippen LogP) is 3.94. The van der Waals surface area contributed by atoms with Crippen molar-refractivity contribution in [1.29, 1.82) is 0 Å². The summed E-state index contributed by atoms with van der Waals surface area (Å²) in [6.45, 7) is 5.39. The van der Waals surface area contributed by atoms with Gasteiger partial charge >= 0.3 is 0 Å². The van der Waals surface area contributed by atoms with Crippen molar-refractivity contribution in [1.82, 2.24) is 9.10 Å². The van der Waals surface area contributed by atoms with Crippen LogP contribution in [0.5, 0.6) is 0 Å². The minimum absolute atomic E-state index is 0.0892. The van der Waals surface area contributed by atoms with E-state index in [-0.39, 0.29) is 10.8 Å². The molecular formula is C20H23N3O3S2. The zero-order chi connectivity index (χ0) is 20.4. The summed E-state index contributed by atoms with van der Waals surface area (Å²) < 4.78 is 32.5. The minimum Gasteiger partial charge on any atom is -0.326 e. The van der Waals surface area contributed by atoms with Crippen molar-refractivity contribution in [2.75, 3.05) is 5.32 Å². The number of fused-ring (bicyclic) bond motifs is 1. The Kier molecular flexibility index (Phi) is 5.83. The van der Waals surface area contributed by atoms with Gasteiger partial charge in [0, 0.05) is 29.2 Å². The second-order valence-corrected chi connectivity index (χ2v) is 10.1. The fraction of sp³-hybridized carbons (Fsp3) is 0.300. The summed E-state index contributed by atoms with van der Waals surface area (Å²) >= 11 is 1.42. The molecule has 0 saturated carbocycles. The molecule has 3 aromatic rings. The number of rotatable bonds is 6. The number of nitrogens with one attached hydrogen (secondary N) is 2. The molecule has 6 nitrogen and oxygen atoms in total. The lowest BCUT2D eigenvalue weighted by Crippen LogP contribution is -2.40. The Bertz CT molecular complexity index is 1080. The second kappa shape index (κ2) is 7.98. The molecule has 0 bridgehead atoms. The lowest BCUT2D eigenvalue weighted by molar-refractivity contribution is -0.116. The van der Waals surface area contributed by atoms with Crippen molar-refractivity contribution >= 4 is 43.2 Å². The van der Waals surface area contributed by atoms with Crippen LogP contribution < -0.4 is 10.0 Å². The smallest absolute Gasteiger partial charge is 0.241 e. The van der Waals surface area contributed by atoms with Gasteiger partial charge in [-0.05, 0) is 74.6 Å². The summed E-state index contributed by atoms with van der Waals surface area (Å²) in [5.41, 5.74) is 1.10. The summed E-state index contributed by atoms with van der Waals surface area (Å²) in [5, 5.41) is 3.89. The lowest BCUT2D eigenvalue weighted by atomic mass is 10.1. The molecule has 2 N–H and O–H groups in total. The highest BCUT2D eigenvalue weighted by Gasteiger charge is 2.21. The molecule has 0 atom stereocenters. The number of carbonyl (C=O) groups excluding carboxylic acids is 1. The van der Waals surface area contributed by atoms with Gasteiger partial charge in [-0.15, -0.1) is 0 Å². The van der Waals surface area contributed by atoms with Gasteiger partial charge in [-0.2, -0.15) is 4.37 Å². The van der Waals surface area contributed by atoms with E-state index < -0.39 is 15.6 Å². The number of aromatic nitrogens is 1. The van der Waals surface area contributed by atoms with E-state index in [1.807, 2.05) is 18.2 Å². The molecule has 1 heterocycles. The minimum atomic E-state index is -3.55. The second-order valence-electron chi connectivity index (χ2n) is 7.63. The average Bonchev–Trinajstić information content (AvgIpc) is 3.06. The molecule has 0 unspecified atom stereocenters. The first kappa shape index (κ1) is 20.4. The third kappa shape index (κ3) is 5.37. The first-order valence-electron chi connectivity index (χ1n) is 8.90. The Balaban J connectivity index is 1.57. The average molecular weight is 418 g/mol. The van der Waals surface area contributed by atoms with Gasteiger partial charge in [0.25, 0.3) is 0 Å². The highest BCUT2D eigenvalue weighted by atomic mass is 32.2. The van der Waals surface area contributed by atoms with E-state index in [0.29, 0.717) is 12.8 Å². The van der Waals surface area contributed by atoms with Gasteiger partial charge in [0.2, 0.25) is 15.9 Å². The van der Waals surface area contributed by atoms with Crippen LogP contribution in [0.3, 0.4) is 0 Å². The standard InChI is InChI=1S/C20H23N3O3S2/c1-20(2,3)23-28(25,26)17-8-4-14(5-9-17)6-11-19(24)22-16-7-10-18-15(12-16)13-21-27-18/h4-5,7-10,12-13,23H,6,11H2,1-3H3,(H,22,24). The van der Waals surface area contributed by atoms with Crippen LogP contribution in [-0.2, 0) is 21.2 Å². The Morgan fingerprint density at radius 1 is 1.11 bits per heavy atom. The fourth-order valence-corrected chi connectivity index (χ4v) is 4.77. The van der Waals surface area contributed by atoms with Crippen LogP contribution in [-0.4, -0.2) is 24.2 Å². The number of carbonyl (C=O) groups is 1. The maximum absolute atomic E-state index is 12.3. The van der Waals surface area contributed by atoms with Crippen LogP contribution in [0.25, 0.3) is 10.1 Å². The highest BCUT2D eigenvalue weighted by Crippen LogP contribution is 2.22. The lowest BCUT2D eigenvalue weighted by Gasteiger charge is -2.20. The largest absolute Gasteiger partial charge is 0.326 e. The van der Waals surface area contributed by atoms with Crippen LogP contribution in [0.4, 0.5) is 5.69 Å². The fourth-order valence-electron chi connectivity index (χ4n) is 2.73. The van der Waals surface area contributed by atoms with Gasteiger partial charge in [0.1, 0.15) is 0 Å². The molecule has 0 aliphatic rings. The Hall–Kier alpha value is -2.29. The molecule has 0 spiro atoms. The van der Waals surface area contributed by atoms with Crippen molar-refractivity contribution in [3.63, 3.8) is 0 Å². The Morgan fingerprint density at radius 3 is 2.50 bits per heavy atom. The molecule has 28 heavy (non-hydrogen) atoms. The zero-order valence-electron chi connectivity index (χ0n) is 16.0. The molecule has 2 aromatic carbocycles. The van der Waals surface area contributed by atoms with Gasteiger partial charge in [-0.3, -0.25) is 4.79 Å². The zero-order valence-corrected chi connectivity index (χ0v) is 17.7. The van der Waals surface area contributed by atoms with Crippen molar-refractivity contribution in [2.45, 2.75) is 44.0 Å². The van der Waals surface area contributed by atoms with Gasteiger partial charge in [-0.25, -0.2) is 13.1 Å². The molecule has 0 fully saturated rings. The van der Waals surface area contributed by atoms with Crippen LogP contribution in [0.1, 0.15) is 32.8 Å². The number of hydrogen-bond acceptors (Lipinski definition) is 5. The molecule has 3 rings (SSSR count). The Labute approximate surface area is 169 Å². The predicted molar refractivity (Wildman–Crippen MR) is 113 cm³/mol. The van der Waals surface area contributed by atoms with Crippen LogP contribution in [0.15, 0.2) is 53.6 Å². The summed E-state index contributed by atoms with van der Waals surface area (Å²) in [4.78, 5) is 12.4. The number of hydrogen-bond donors (Lipinski definition) is 2. The SMILES string of the molecule is CC(C)(C)NS(=O)(=O)c1ccc(CCC(=O)Nc2ccc3sncc3c2)cc1. The normalized spacial score (nSPS) is 12.2. The topological polar surface area (TPSA) is 88.2 Å². The third-order valence-corrected chi connectivity index (χ3v) is 6.50. The molecule has 148 valence electrons. The van der Waals surface area contributed by atoms with Crippen LogP contribution in [0.2, 0.25) is 0 Å². The van der Waals surface area contributed by atoms with E-state index in [9.17, 15) is 13.2 Å². The number of sulfonamides is 1. The number of aryl methyl sites for hydroxylation is 1. The molecule has 0 radical (unpaired) electrons. The highest BCUT2D eigenvalue weighted by molar-refractivity contribution is 7.89. The number of nitrogens with zero attached hydrogens (tertiary/aromatic N) is 1. The quantitative estimate of drug-likeness (QED) is 0.636. The maximum Gasteiger partial charge on any atom is 0.241 e. The van der Waals surface area contributed by atoms with E-state index in [1.165, 1.54) is 11.5 Å². The molecule has 0 saturated heterocycles. The van der Waals surface area contributed by atoms with E-state index in [0.717, 1.165) is 21.3 Å². The first-order chi connectivity index (χ1) is 13.1. The number of benzene rings is 2. The summed E-state index contributed by atoms with van der Waals surface area (Å²) in [7, 11) is -3.55.